The average molecular weight is 574 g/mol. The SMILES string of the molecule is Nc1ccc(SCC(=O)NCCCC[C@@H](NC(=O)OCC2=CCCC=C2)C(=O)Nc2cccc3cccnc23)cc1. The molecule has 3 aromatic rings. The van der Waals surface area contributed by atoms with Crippen molar-refractivity contribution in [3.63, 3.8) is 0 Å². The summed E-state index contributed by atoms with van der Waals surface area (Å²) in [5, 5.41) is 9.44. The third-order valence-electron chi connectivity index (χ3n) is 6.43. The highest BCUT2D eigenvalue weighted by molar-refractivity contribution is 8.00. The number of nitrogen functional groups attached to an aromatic ring is 1. The highest BCUT2D eigenvalue weighted by atomic mass is 32.2. The number of thioether (sulfide) groups is 1. The molecule has 0 fully saturated rings. The number of allylic oxidation sites excluding steroid dienone is 2. The standard InChI is InChI=1S/C31H35N5O4S/c32-24-14-16-25(17-15-24)41-21-28(37)33-18-5-4-12-27(36-31(39)40-20-22-8-2-1-3-9-22)30(38)35-26-13-6-10-23-11-7-19-34-29(23)26/h2,6-11,13-17,19,27H,1,3-5,12,18,20-21,32H2,(H,33,37)(H,35,38)(H,36,39)/t27-/m1/s1. The number of unbranched alkanes of at least 4 members (excludes halogenated alkanes) is 1. The van der Waals surface area contributed by atoms with Gasteiger partial charge in [0.25, 0.3) is 0 Å². The zero-order chi connectivity index (χ0) is 28.9. The molecule has 3 amide bonds. The van der Waals surface area contributed by atoms with Gasteiger partial charge in [-0.1, -0.05) is 36.4 Å². The molecule has 0 radical (unpaired) electrons. The zero-order valence-electron chi connectivity index (χ0n) is 22.8. The third kappa shape index (κ3) is 9.68. The lowest BCUT2D eigenvalue weighted by Gasteiger charge is -2.19. The molecule has 10 heteroatoms. The monoisotopic (exact) mass is 573 g/mol. The Balaban J connectivity index is 1.28. The molecule has 0 bridgehead atoms. The van der Waals surface area contributed by atoms with Crippen LogP contribution in [0.4, 0.5) is 16.2 Å². The van der Waals surface area contributed by atoms with Gasteiger partial charge in [0.15, 0.2) is 0 Å². The van der Waals surface area contributed by atoms with Gasteiger partial charge >= 0.3 is 6.09 Å². The van der Waals surface area contributed by atoms with Crippen molar-refractivity contribution < 1.29 is 19.1 Å². The van der Waals surface area contributed by atoms with Gasteiger partial charge in [-0.15, -0.1) is 11.8 Å². The summed E-state index contributed by atoms with van der Waals surface area (Å²) in [7, 11) is 0. The van der Waals surface area contributed by atoms with E-state index in [0.717, 1.165) is 28.7 Å². The largest absolute Gasteiger partial charge is 0.445 e. The highest BCUT2D eigenvalue weighted by Crippen LogP contribution is 2.21. The number of para-hydroxylation sites is 1. The van der Waals surface area contributed by atoms with Crippen LogP contribution in [0.3, 0.4) is 0 Å². The number of benzene rings is 2. The minimum absolute atomic E-state index is 0.0719. The number of nitrogens with zero attached hydrogens (tertiary/aromatic N) is 1. The predicted octanol–water partition coefficient (Wildman–Crippen LogP) is 5.21. The number of fused-ring (bicyclic) bond motifs is 1. The first-order valence-corrected chi connectivity index (χ1v) is 14.6. The fourth-order valence-electron chi connectivity index (χ4n) is 4.27. The second kappa shape index (κ2) is 15.5. The molecule has 1 heterocycles. The van der Waals surface area contributed by atoms with Gasteiger partial charge in [0.05, 0.1) is 17.0 Å². The Morgan fingerprint density at radius 1 is 1.02 bits per heavy atom. The van der Waals surface area contributed by atoms with Gasteiger partial charge in [-0.2, -0.15) is 0 Å². The number of aromatic nitrogens is 1. The molecule has 0 spiro atoms. The Hall–Kier alpha value is -4.31. The lowest BCUT2D eigenvalue weighted by Crippen LogP contribution is -2.44. The van der Waals surface area contributed by atoms with Crippen LogP contribution >= 0.6 is 11.8 Å². The smallest absolute Gasteiger partial charge is 0.408 e. The normalized spacial score (nSPS) is 13.2. The molecule has 5 N–H and O–H groups in total. The lowest BCUT2D eigenvalue weighted by atomic mass is 10.1. The summed E-state index contributed by atoms with van der Waals surface area (Å²) in [6.45, 7) is 0.609. The number of amides is 3. The van der Waals surface area contributed by atoms with Crippen molar-refractivity contribution in [2.75, 3.05) is 30.0 Å². The number of alkyl carbamates (subject to hydrolysis) is 1. The maximum Gasteiger partial charge on any atom is 0.408 e. The van der Waals surface area contributed by atoms with Crippen molar-refractivity contribution >= 4 is 51.9 Å². The van der Waals surface area contributed by atoms with Crippen LogP contribution in [0.5, 0.6) is 0 Å². The number of rotatable bonds is 13. The molecule has 2 aromatic carbocycles. The van der Waals surface area contributed by atoms with Crippen molar-refractivity contribution in [1.82, 2.24) is 15.6 Å². The third-order valence-corrected chi connectivity index (χ3v) is 7.44. The summed E-state index contributed by atoms with van der Waals surface area (Å²) in [6, 6.07) is 15.8. The van der Waals surface area contributed by atoms with Crippen molar-refractivity contribution in [3.05, 3.63) is 84.6 Å². The van der Waals surface area contributed by atoms with Crippen LogP contribution < -0.4 is 21.7 Å². The number of hydrogen-bond acceptors (Lipinski definition) is 7. The Bertz CT molecular complexity index is 1400. The number of pyridine rings is 1. The maximum absolute atomic E-state index is 13.3. The number of anilines is 2. The van der Waals surface area contributed by atoms with Crippen molar-refractivity contribution in [2.24, 2.45) is 0 Å². The first-order valence-electron chi connectivity index (χ1n) is 13.7. The van der Waals surface area contributed by atoms with Gasteiger partial charge in [-0.3, -0.25) is 14.6 Å². The van der Waals surface area contributed by atoms with E-state index < -0.39 is 12.1 Å². The van der Waals surface area contributed by atoms with Gasteiger partial charge in [-0.25, -0.2) is 4.79 Å². The minimum atomic E-state index is -0.825. The molecule has 1 aliphatic carbocycles. The fourth-order valence-corrected chi connectivity index (χ4v) is 4.99. The first-order chi connectivity index (χ1) is 20.0. The summed E-state index contributed by atoms with van der Waals surface area (Å²) in [6.07, 6.45) is 10.5. The summed E-state index contributed by atoms with van der Waals surface area (Å²) in [4.78, 5) is 43.5. The summed E-state index contributed by atoms with van der Waals surface area (Å²) < 4.78 is 5.38. The van der Waals surface area contributed by atoms with Crippen molar-refractivity contribution in [3.8, 4) is 0 Å². The van der Waals surface area contributed by atoms with E-state index in [1.165, 1.54) is 11.8 Å². The molecule has 214 valence electrons. The highest BCUT2D eigenvalue weighted by Gasteiger charge is 2.22. The van der Waals surface area contributed by atoms with Crippen LogP contribution in [0.2, 0.25) is 0 Å². The first kappa shape index (κ1) is 29.7. The van der Waals surface area contributed by atoms with Crippen LogP contribution in [0.1, 0.15) is 32.1 Å². The molecule has 9 nitrogen and oxygen atoms in total. The molecule has 0 aliphatic heterocycles. The number of ether oxygens (including phenoxy) is 1. The predicted molar refractivity (Wildman–Crippen MR) is 164 cm³/mol. The molecule has 0 saturated carbocycles. The number of hydrogen-bond donors (Lipinski definition) is 4. The minimum Gasteiger partial charge on any atom is -0.445 e. The number of carbonyl (C=O) groups excluding carboxylic acids is 3. The van der Waals surface area contributed by atoms with E-state index >= 15 is 0 Å². The Morgan fingerprint density at radius 3 is 2.66 bits per heavy atom. The lowest BCUT2D eigenvalue weighted by molar-refractivity contribution is -0.119. The average Bonchev–Trinajstić information content (AvgIpc) is 2.99. The van der Waals surface area contributed by atoms with E-state index in [2.05, 4.69) is 20.9 Å². The molecule has 4 rings (SSSR count). The quantitative estimate of drug-likeness (QED) is 0.125. The molecular weight excluding hydrogens is 538 g/mol. The van der Waals surface area contributed by atoms with Crippen molar-refractivity contribution in [2.45, 2.75) is 43.0 Å². The topological polar surface area (TPSA) is 135 Å². The van der Waals surface area contributed by atoms with Gasteiger partial charge in [-0.05, 0) is 74.1 Å². The Morgan fingerprint density at radius 2 is 1.85 bits per heavy atom. The number of carbonyl (C=O) groups is 3. The number of nitrogens with two attached hydrogens (primary N) is 1. The Labute approximate surface area is 244 Å². The van der Waals surface area contributed by atoms with Crippen LogP contribution in [-0.2, 0) is 14.3 Å². The molecule has 41 heavy (non-hydrogen) atoms. The van der Waals surface area contributed by atoms with E-state index in [4.69, 9.17) is 10.5 Å². The summed E-state index contributed by atoms with van der Waals surface area (Å²) in [5.74, 6) is -0.134. The van der Waals surface area contributed by atoms with Gasteiger partial charge in [0.1, 0.15) is 12.6 Å². The summed E-state index contributed by atoms with van der Waals surface area (Å²) in [5.41, 5.74) is 8.54. The van der Waals surface area contributed by atoms with E-state index in [9.17, 15) is 14.4 Å². The summed E-state index contributed by atoms with van der Waals surface area (Å²) >= 11 is 1.44. The van der Waals surface area contributed by atoms with Crippen molar-refractivity contribution in [1.29, 1.82) is 0 Å². The van der Waals surface area contributed by atoms with Gasteiger partial charge in [0.2, 0.25) is 11.8 Å². The van der Waals surface area contributed by atoms with Crippen LogP contribution in [0.25, 0.3) is 10.9 Å². The van der Waals surface area contributed by atoms with E-state index in [0.29, 0.717) is 48.5 Å². The van der Waals surface area contributed by atoms with Gasteiger partial charge in [0, 0.05) is 28.7 Å². The second-order valence-corrected chi connectivity index (χ2v) is 10.7. The Kier molecular flexibility index (Phi) is 11.2. The molecular formula is C31H35N5O4S. The molecule has 1 atom stereocenters. The molecule has 1 aromatic heterocycles. The maximum atomic E-state index is 13.3. The molecule has 1 aliphatic rings. The van der Waals surface area contributed by atoms with Crippen LogP contribution in [0, 0.1) is 0 Å². The number of nitrogens with one attached hydrogen (secondary N) is 3. The van der Waals surface area contributed by atoms with E-state index in [1.807, 2.05) is 54.6 Å². The fraction of sp³-hybridized carbons (Fsp3) is 0.290. The van der Waals surface area contributed by atoms with Gasteiger partial charge < -0.3 is 26.4 Å². The van der Waals surface area contributed by atoms with Crippen LogP contribution in [0.15, 0.2) is 89.5 Å². The molecule has 0 unspecified atom stereocenters. The van der Waals surface area contributed by atoms with Crippen LogP contribution in [-0.4, -0.2) is 47.8 Å². The zero-order valence-corrected chi connectivity index (χ0v) is 23.6. The molecule has 0 saturated heterocycles. The van der Waals surface area contributed by atoms with E-state index in [1.54, 1.807) is 24.4 Å². The second-order valence-electron chi connectivity index (χ2n) is 9.61. The van der Waals surface area contributed by atoms with E-state index in [-0.39, 0.29) is 18.4 Å².